The molecule has 1 aromatic rings. The normalized spacial score (nSPS) is 25.8. The highest BCUT2D eigenvalue weighted by Gasteiger charge is 2.36. The minimum Gasteiger partial charge on any atom is -0.315 e. The van der Waals surface area contributed by atoms with Gasteiger partial charge in [0.25, 0.3) is 0 Å². The van der Waals surface area contributed by atoms with Crippen LogP contribution in [0, 0.1) is 0 Å². The maximum absolute atomic E-state index is 12.0. The van der Waals surface area contributed by atoms with Crippen molar-refractivity contribution in [1.82, 2.24) is 10.3 Å². The Bertz CT molecular complexity index is 400. The Morgan fingerprint density at radius 2 is 2.06 bits per heavy atom. The number of para-hydroxylation sites is 1. The predicted molar refractivity (Wildman–Crippen MR) is 66.5 cm³/mol. The highest BCUT2D eigenvalue weighted by molar-refractivity contribution is 5.94. The van der Waals surface area contributed by atoms with Gasteiger partial charge in [0.05, 0.1) is 5.69 Å². The SMILES string of the molecule is O=C1CCN(C2CCNC2)N1c1ccccc1. The maximum Gasteiger partial charge on any atom is 0.242 e. The van der Waals surface area contributed by atoms with E-state index in [0.717, 1.165) is 31.7 Å². The van der Waals surface area contributed by atoms with Crippen molar-refractivity contribution in [1.29, 1.82) is 0 Å². The second-order valence-electron chi connectivity index (χ2n) is 4.60. The van der Waals surface area contributed by atoms with Crippen molar-refractivity contribution >= 4 is 11.6 Å². The van der Waals surface area contributed by atoms with Crippen LogP contribution in [0.2, 0.25) is 0 Å². The lowest BCUT2D eigenvalue weighted by Gasteiger charge is -2.32. The van der Waals surface area contributed by atoms with Crippen molar-refractivity contribution in [2.24, 2.45) is 0 Å². The van der Waals surface area contributed by atoms with Crippen molar-refractivity contribution in [3.05, 3.63) is 30.3 Å². The zero-order valence-electron chi connectivity index (χ0n) is 9.80. The van der Waals surface area contributed by atoms with E-state index in [9.17, 15) is 4.79 Å². The first kappa shape index (κ1) is 10.7. The molecule has 1 aromatic carbocycles. The first-order valence-electron chi connectivity index (χ1n) is 6.21. The van der Waals surface area contributed by atoms with Gasteiger partial charge in [0.2, 0.25) is 5.91 Å². The van der Waals surface area contributed by atoms with Crippen LogP contribution in [-0.4, -0.2) is 36.6 Å². The van der Waals surface area contributed by atoms with Gasteiger partial charge in [0.1, 0.15) is 0 Å². The smallest absolute Gasteiger partial charge is 0.242 e. The van der Waals surface area contributed by atoms with E-state index in [4.69, 9.17) is 0 Å². The first-order chi connectivity index (χ1) is 8.36. The molecule has 17 heavy (non-hydrogen) atoms. The topological polar surface area (TPSA) is 35.6 Å². The lowest BCUT2D eigenvalue weighted by Crippen LogP contribution is -2.46. The molecule has 1 atom stereocenters. The average Bonchev–Trinajstić information content (AvgIpc) is 2.98. The van der Waals surface area contributed by atoms with E-state index in [1.165, 1.54) is 0 Å². The molecule has 1 unspecified atom stereocenters. The van der Waals surface area contributed by atoms with Crippen LogP contribution in [-0.2, 0) is 4.79 Å². The number of rotatable bonds is 2. The maximum atomic E-state index is 12.0. The molecule has 0 bridgehead atoms. The molecule has 2 heterocycles. The molecule has 2 aliphatic rings. The summed E-state index contributed by atoms with van der Waals surface area (Å²) in [6.07, 6.45) is 1.75. The van der Waals surface area contributed by atoms with Gasteiger partial charge in [-0.15, -0.1) is 0 Å². The summed E-state index contributed by atoms with van der Waals surface area (Å²) in [5, 5.41) is 7.44. The first-order valence-corrected chi connectivity index (χ1v) is 6.21. The van der Waals surface area contributed by atoms with Crippen LogP contribution in [0.5, 0.6) is 0 Å². The molecule has 0 saturated carbocycles. The second-order valence-corrected chi connectivity index (χ2v) is 4.60. The number of nitrogens with one attached hydrogen (secondary N) is 1. The molecule has 0 aromatic heterocycles. The van der Waals surface area contributed by atoms with E-state index in [0.29, 0.717) is 12.5 Å². The lowest BCUT2D eigenvalue weighted by molar-refractivity contribution is -0.118. The third-order valence-electron chi connectivity index (χ3n) is 3.50. The minimum atomic E-state index is 0.211. The summed E-state index contributed by atoms with van der Waals surface area (Å²) in [6.45, 7) is 2.88. The Hall–Kier alpha value is -1.39. The van der Waals surface area contributed by atoms with Gasteiger partial charge >= 0.3 is 0 Å². The van der Waals surface area contributed by atoms with E-state index in [1.807, 2.05) is 35.3 Å². The van der Waals surface area contributed by atoms with Crippen LogP contribution < -0.4 is 10.3 Å². The van der Waals surface area contributed by atoms with Gasteiger partial charge in [-0.2, -0.15) is 0 Å². The van der Waals surface area contributed by atoms with E-state index in [2.05, 4.69) is 10.3 Å². The molecular formula is C13H17N3O. The molecule has 90 valence electrons. The van der Waals surface area contributed by atoms with Crippen LogP contribution in [0.4, 0.5) is 5.69 Å². The third-order valence-corrected chi connectivity index (χ3v) is 3.50. The monoisotopic (exact) mass is 231 g/mol. The predicted octanol–water partition coefficient (Wildman–Crippen LogP) is 1.00. The summed E-state index contributed by atoms with van der Waals surface area (Å²) < 4.78 is 0. The molecule has 2 fully saturated rings. The molecule has 4 heteroatoms. The fourth-order valence-electron chi connectivity index (χ4n) is 2.66. The van der Waals surface area contributed by atoms with Crippen LogP contribution in [0.1, 0.15) is 12.8 Å². The largest absolute Gasteiger partial charge is 0.315 e. The number of carbonyl (C=O) groups excluding carboxylic acids is 1. The van der Waals surface area contributed by atoms with Gasteiger partial charge in [-0.25, -0.2) is 10.0 Å². The van der Waals surface area contributed by atoms with E-state index >= 15 is 0 Å². The van der Waals surface area contributed by atoms with Gasteiger partial charge in [-0.3, -0.25) is 4.79 Å². The fourth-order valence-corrected chi connectivity index (χ4v) is 2.66. The number of hydrogen-bond donors (Lipinski definition) is 1. The summed E-state index contributed by atoms with van der Waals surface area (Å²) in [6, 6.07) is 10.4. The molecule has 4 nitrogen and oxygen atoms in total. The standard InChI is InChI=1S/C13H17N3O/c17-13-7-9-15(12-6-8-14-10-12)16(13)11-4-2-1-3-5-11/h1-5,12,14H,6-10H2. The van der Waals surface area contributed by atoms with Gasteiger partial charge in [0.15, 0.2) is 0 Å². The molecule has 3 rings (SSSR count). The second kappa shape index (κ2) is 4.47. The van der Waals surface area contributed by atoms with Crippen LogP contribution >= 0.6 is 0 Å². The van der Waals surface area contributed by atoms with E-state index in [-0.39, 0.29) is 5.91 Å². The fraction of sp³-hybridized carbons (Fsp3) is 0.462. The Balaban J connectivity index is 1.86. The number of carbonyl (C=O) groups is 1. The lowest BCUT2D eigenvalue weighted by atomic mass is 10.2. The number of hydrazine groups is 1. The number of hydrogen-bond acceptors (Lipinski definition) is 3. The number of nitrogens with zero attached hydrogens (tertiary/aromatic N) is 2. The van der Waals surface area contributed by atoms with E-state index < -0.39 is 0 Å². The molecule has 1 amide bonds. The summed E-state index contributed by atoms with van der Waals surface area (Å²) in [5.41, 5.74) is 0.988. The molecular weight excluding hydrogens is 214 g/mol. The van der Waals surface area contributed by atoms with Crippen molar-refractivity contribution < 1.29 is 4.79 Å². The summed E-state index contributed by atoms with van der Waals surface area (Å²) in [5.74, 6) is 0.211. The van der Waals surface area contributed by atoms with Crippen molar-refractivity contribution in [3.63, 3.8) is 0 Å². The summed E-state index contributed by atoms with van der Waals surface area (Å²) >= 11 is 0. The zero-order valence-corrected chi connectivity index (χ0v) is 9.80. The van der Waals surface area contributed by atoms with Crippen molar-refractivity contribution in [2.75, 3.05) is 24.6 Å². The minimum absolute atomic E-state index is 0.211. The Morgan fingerprint density at radius 3 is 2.76 bits per heavy atom. The number of benzene rings is 1. The van der Waals surface area contributed by atoms with Crippen molar-refractivity contribution in [3.8, 4) is 0 Å². The van der Waals surface area contributed by atoms with Gasteiger partial charge in [-0.05, 0) is 25.1 Å². The Morgan fingerprint density at radius 1 is 1.24 bits per heavy atom. The molecule has 0 aliphatic carbocycles. The highest BCUT2D eigenvalue weighted by atomic mass is 16.2. The number of anilines is 1. The zero-order chi connectivity index (χ0) is 11.7. The van der Waals surface area contributed by atoms with Gasteiger partial charge in [0, 0.05) is 25.6 Å². The third kappa shape index (κ3) is 1.94. The summed E-state index contributed by atoms with van der Waals surface area (Å²) in [7, 11) is 0. The van der Waals surface area contributed by atoms with Gasteiger partial charge < -0.3 is 5.32 Å². The van der Waals surface area contributed by atoms with Gasteiger partial charge in [-0.1, -0.05) is 18.2 Å². The van der Waals surface area contributed by atoms with Crippen LogP contribution in [0.15, 0.2) is 30.3 Å². The molecule has 0 spiro atoms. The molecule has 2 aliphatic heterocycles. The average molecular weight is 231 g/mol. The highest BCUT2D eigenvalue weighted by Crippen LogP contribution is 2.25. The van der Waals surface area contributed by atoms with Crippen LogP contribution in [0.25, 0.3) is 0 Å². The summed E-state index contributed by atoms with van der Waals surface area (Å²) in [4.78, 5) is 12.0. The van der Waals surface area contributed by atoms with Crippen molar-refractivity contribution in [2.45, 2.75) is 18.9 Å². The molecule has 0 radical (unpaired) electrons. The Kier molecular flexibility index (Phi) is 2.82. The van der Waals surface area contributed by atoms with Crippen LogP contribution in [0.3, 0.4) is 0 Å². The quantitative estimate of drug-likeness (QED) is 0.825. The van der Waals surface area contributed by atoms with E-state index in [1.54, 1.807) is 0 Å². The molecule has 2 saturated heterocycles. The molecule has 1 N–H and O–H groups in total. The Labute approximate surface area is 101 Å². The number of amides is 1.